The highest BCUT2D eigenvalue weighted by Gasteiger charge is 2.29. The Kier molecular flexibility index (Phi) is 6.02. The Balaban J connectivity index is 1.61. The molecule has 5 nitrogen and oxygen atoms in total. The molecule has 1 aliphatic rings. The standard InChI is InChI=1S/C25H25FN2O3S/c1-27(2)22-11-7-20(8-12-22)25(29)17-18-5-6-19-4-3-15-28(24(19)16-18)32(30,31)23-13-9-21(26)10-14-23/h5-14,16H,3-4,15,17H2,1-2H3. The lowest BCUT2D eigenvalue weighted by molar-refractivity contribution is 0.0993. The summed E-state index contributed by atoms with van der Waals surface area (Å²) in [6.07, 6.45) is 1.65. The maximum absolute atomic E-state index is 13.3. The van der Waals surface area contributed by atoms with Crippen LogP contribution in [0.3, 0.4) is 0 Å². The van der Waals surface area contributed by atoms with Crippen molar-refractivity contribution < 1.29 is 17.6 Å². The average Bonchev–Trinajstić information content (AvgIpc) is 2.79. The molecule has 0 N–H and O–H groups in total. The van der Waals surface area contributed by atoms with Gasteiger partial charge in [-0.2, -0.15) is 0 Å². The number of ketones is 1. The fourth-order valence-corrected chi connectivity index (χ4v) is 5.45. The lowest BCUT2D eigenvalue weighted by atomic mass is 9.97. The summed E-state index contributed by atoms with van der Waals surface area (Å²) in [7, 11) is 0.0549. The zero-order valence-corrected chi connectivity index (χ0v) is 18.9. The number of anilines is 2. The highest BCUT2D eigenvalue weighted by Crippen LogP contribution is 2.33. The van der Waals surface area contributed by atoms with Gasteiger partial charge in [-0.15, -0.1) is 0 Å². The van der Waals surface area contributed by atoms with E-state index in [9.17, 15) is 17.6 Å². The van der Waals surface area contributed by atoms with Crippen LogP contribution < -0.4 is 9.21 Å². The summed E-state index contributed by atoms with van der Waals surface area (Å²) in [5, 5.41) is 0. The molecular weight excluding hydrogens is 427 g/mol. The van der Waals surface area contributed by atoms with Crippen LogP contribution in [0.5, 0.6) is 0 Å². The monoisotopic (exact) mass is 452 g/mol. The quantitative estimate of drug-likeness (QED) is 0.518. The summed E-state index contributed by atoms with van der Waals surface area (Å²) < 4.78 is 41.1. The Morgan fingerprint density at radius 2 is 1.69 bits per heavy atom. The molecule has 0 aliphatic carbocycles. The van der Waals surface area contributed by atoms with Gasteiger partial charge >= 0.3 is 0 Å². The van der Waals surface area contributed by atoms with Crippen molar-refractivity contribution in [2.45, 2.75) is 24.2 Å². The molecule has 0 aromatic heterocycles. The Bertz CT molecular complexity index is 1240. The van der Waals surface area contributed by atoms with Crippen molar-refractivity contribution >= 4 is 27.2 Å². The Morgan fingerprint density at radius 1 is 1.00 bits per heavy atom. The summed E-state index contributed by atoms with van der Waals surface area (Å²) in [5.41, 5.74) is 3.90. The second-order valence-corrected chi connectivity index (χ2v) is 10.0. The fraction of sp³-hybridized carbons (Fsp3) is 0.240. The first-order valence-corrected chi connectivity index (χ1v) is 11.9. The molecule has 0 fully saturated rings. The summed E-state index contributed by atoms with van der Waals surface area (Å²) in [4.78, 5) is 14.8. The molecule has 3 aromatic carbocycles. The highest BCUT2D eigenvalue weighted by molar-refractivity contribution is 7.92. The minimum atomic E-state index is -3.83. The number of hydrogen-bond acceptors (Lipinski definition) is 4. The van der Waals surface area contributed by atoms with E-state index >= 15 is 0 Å². The molecule has 1 aliphatic heterocycles. The van der Waals surface area contributed by atoms with Crippen LogP contribution >= 0.6 is 0 Å². The Hall–Kier alpha value is -3.19. The van der Waals surface area contributed by atoms with E-state index in [-0.39, 0.29) is 17.1 Å². The van der Waals surface area contributed by atoms with E-state index in [2.05, 4.69) is 0 Å². The molecule has 4 rings (SSSR count). The van der Waals surface area contributed by atoms with Crippen molar-refractivity contribution in [2.24, 2.45) is 0 Å². The molecule has 0 radical (unpaired) electrons. The van der Waals surface area contributed by atoms with Gasteiger partial charge in [0.15, 0.2) is 5.78 Å². The van der Waals surface area contributed by atoms with Gasteiger partial charge in [-0.25, -0.2) is 12.8 Å². The number of nitrogens with zero attached hydrogens (tertiary/aromatic N) is 2. The van der Waals surface area contributed by atoms with Gasteiger partial charge in [0, 0.05) is 38.3 Å². The Labute approximate surface area is 188 Å². The third-order valence-corrected chi connectivity index (χ3v) is 7.53. The van der Waals surface area contributed by atoms with Crippen LogP contribution in [0.25, 0.3) is 0 Å². The first-order valence-electron chi connectivity index (χ1n) is 10.5. The normalized spacial score (nSPS) is 13.5. The maximum Gasteiger partial charge on any atom is 0.264 e. The molecule has 0 unspecified atom stereocenters. The molecule has 0 saturated heterocycles. The number of hydrogen-bond donors (Lipinski definition) is 0. The van der Waals surface area contributed by atoms with E-state index in [1.54, 1.807) is 18.2 Å². The summed E-state index contributed by atoms with van der Waals surface area (Å²) in [6.45, 7) is 0.343. The number of benzene rings is 3. The minimum absolute atomic E-state index is 0.0287. The molecule has 0 bridgehead atoms. The smallest absolute Gasteiger partial charge is 0.264 e. The van der Waals surface area contributed by atoms with Gasteiger partial charge in [-0.1, -0.05) is 12.1 Å². The van der Waals surface area contributed by atoms with E-state index in [0.29, 0.717) is 24.2 Å². The van der Waals surface area contributed by atoms with Gasteiger partial charge in [0.05, 0.1) is 10.6 Å². The van der Waals surface area contributed by atoms with Gasteiger partial charge in [-0.05, 0) is 78.6 Å². The number of rotatable bonds is 6. The number of carbonyl (C=O) groups is 1. The summed E-state index contributed by atoms with van der Waals surface area (Å²) >= 11 is 0. The minimum Gasteiger partial charge on any atom is -0.378 e. The zero-order chi connectivity index (χ0) is 22.9. The second kappa shape index (κ2) is 8.74. The first kappa shape index (κ1) is 22.0. The number of fused-ring (bicyclic) bond motifs is 1. The third kappa shape index (κ3) is 4.39. The molecule has 0 saturated carbocycles. The SMILES string of the molecule is CN(C)c1ccc(C(=O)Cc2ccc3c(c2)N(S(=O)(=O)c2ccc(F)cc2)CCC3)cc1. The fourth-order valence-electron chi connectivity index (χ4n) is 3.91. The predicted molar refractivity (Wildman–Crippen MR) is 124 cm³/mol. The van der Waals surface area contributed by atoms with E-state index in [1.807, 2.05) is 43.3 Å². The lowest BCUT2D eigenvalue weighted by Gasteiger charge is -2.31. The molecule has 7 heteroatoms. The summed E-state index contributed by atoms with van der Waals surface area (Å²) in [6, 6.07) is 17.9. The van der Waals surface area contributed by atoms with Crippen LogP contribution in [-0.4, -0.2) is 34.8 Å². The highest BCUT2D eigenvalue weighted by atomic mass is 32.2. The number of halogens is 1. The summed E-state index contributed by atoms with van der Waals surface area (Å²) in [5.74, 6) is -0.513. The second-order valence-electron chi connectivity index (χ2n) is 8.14. The van der Waals surface area contributed by atoms with Crippen molar-refractivity contribution in [3.63, 3.8) is 0 Å². The van der Waals surface area contributed by atoms with Crippen molar-refractivity contribution in [3.05, 3.63) is 89.2 Å². The van der Waals surface area contributed by atoms with E-state index in [4.69, 9.17) is 0 Å². The number of Topliss-reactive ketones (excluding diaryl/α,β-unsaturated/α-hetero) is 1. The van der Waals surface area contributed by atoms with Gasteiger partial charge in [-0.3, -0.25) is 9.10 Å². The van der Waals surface area contributed by atoms with Crippen LogP contribution in [0.2, 0.25) is 0 Å². The zero-order valence-electron chi connectivity index (χ0n) is 18.1. The van der Waals surface area contributed by atoms with E-state index in [0.717, 1.165) is 35.4 Å². The molecule has 0 spiro atoms. The molecule has 3 aromatic rings. The topological polar surface area (TPSA) is 57.7 Å². The lowest BCUT2D eigenvalue weighted by Crippen LogP contribution is -2.35. The van der Waals surface area contributed by atoms with Crippen molar-refractivity contribution in [1.82, 2.24) is 0 Å². The number of carbonyl (C=O) groups excluding carboxylic acids is 1. The molecule has 32 heavy (non-hydrogen) atoms. The van der Waals surface area contributed by atoms with Crippen LogP contribution in [0.1, 0.15) is 27.9 Å². The molecule has 0 atom stereocenters. The van der Waals surface area contributed by atoms with Gasteiger partial charge in [0.2, 0.25) is 0 Å². The van der Waals surface area contributed by atoms with Gasteiger partial charge in [0.25, 0.3) is 10.0 Å². The maximum atomic E-state index is 13.3. The first-order chi connectivity index (χ1) is 15.3. The molecule has 1 heterocycles. The average molecular weight is 453 g/mol. The van der Waals surface area contributed by atoms with Crippen LogP contribution in [0, 0.1) is 5.82 Å². The van der Waals surface area contributed by atoms with Gasteiger partial charge in [0.1, 0.15) is 5.82 Å². The van der Waals surface area contributed by atoms with Crippen LogP contribution in [-0.2, 0) is 22.9 Å². The molecular formula is C25H25FN2O3S. The van der Waals surface area contributed by atoms with Gasteiger partial charge < -0.3 is 4.90 Å². The third-order valence-electron chi connectivity index (χ3n) is 5.70. The van der Waals surface area contributed by atoms with Crippen molar-refractivity contribution in [3.8, 4) is 0 Å². The van der Waals surface area contributed by atoms with E-state index in [1.165, 1.54) is 16.4 Å². The van der Waals surface area contributed by atoms with Crippen LogP contribution in [0.15, 0.2) is 71.6 Å². The Morgan fingerprint density at radius 3 is 2.34 bits per heavy atom. The molecule has 0 amide bonds. The number of sulfonamides is 1. The van der Waals surface area contributed by atoms with Crippen molar-refractivity contribution in [1.29, 1.82) is 0 Å². The number of aryl methyl sites for hydroxylation is 1. The molecule has 166 valence electrons. The van der Waals surface area contributed by atoms with E-state index < -0.39 is 15.8 Å². The van der Waals surface area contributed by atoms with Crippen LogP contribution in [0.4, 0.5) is 15.8 Å². The predicted octanol–water partition coefficient (Wildman–Crippen LogP) is 4.46. The van der Waals surface area contributed by atoms with Crippen molar-refractivity contribution in [2.75, 3.05) is 29.8 Å². The largest absolute Gasteiger partial charge is 0.378 e.